The fourth-order valence-electron chi connectivity index (χ4n) is 3.71. The minimum Gasteiger partial charge on any atom is -0.494 e. The summed E-state index contributed by atoms with van der Waals surface area (Å²) in [7, 11) is 2.85. The summed E-state index contributed by atoms with van der Waals surface area (Å²) in [5.74, 6) is -3.40. The van der Waals surface area contributed by atoms with Crippen molar-refractivity contribution >= 4 is 17.5 Å². The molecule has 3 N–H and O–H groups in total. The molecular formula is C26H25ClF3N3O4. The van der Waals surface area contributed by atoms with Gasteiger partial charge >= 0.3 is 0 Å². The van der Waals surface area contributed by atoms with E-state index in [1.807, 2.05) is 0 Å². The summed E-state index contributed by atoms with van der Waals surface area (Å²) < 4.78 is 55.9. The van der Waals surface area contributed by atoms with Crippen LogP contribution in [0.4, 0.5) is 13.2 Å². The standard InChI is InChI=1S/C26H25ClF3N3O4/c1-35-21-8-6-19(33-24(21)14-3-5-18(28)17(27)9-14)16(12-31)13-32-25(34)15-4-7-20(22(10-15)36-2)37-23-11-26(23,29)30/h3-10,16,23H,11-13,31H2,1-2H3,(H,32,34). The number of carbonyl (C=O) groups excluding carboxylic acids is 1. The van der Waals surface area contributed by atoms with E-state index in [1.54, 1.807) is 18.2 Å². The second-order valence-electron chi connectivity index (χ2n) is 8.50. The van der Waals surface area contributed by atoms with E-state index in [-0.39, 0.29) is 47.5 Å². The molecule has 0 spiro atoms. The summed E-state index contributed by atoms with van der Waals surface area (Å²) >= 11 is 5.94. The first-order valence-electron chi connectivity index (χ1n) is 11.4. The molecule has 11 heteroatoms. The van der Waals surface area contributed by atoms with E-state index < -0.39 is 23.8 Å². The molecule has 1 saturated carbocycles. The second-order valence-corrected chi connectivity index (χ2v) is 8.90. The lowest BCUT2D eigenvalue weighted by atomic mass is 10.0. The van der Waals surface area contributed by atoms with E-state index in [4.69, 9.17) is 31.5 Å². The number of halogens is 4. The van der Waals surface area contributed by atoms with Crippen molar-refractivity contribution in [1.29, 1.82) is 0 Å². The van der Waals surface area contributed by atoms with Gasteiger partial charge in [0.1, 0.15) is 17.3 Å². The van der Waals surface area contributed by atoms with Crippen molar-refractivity contribution in [3.05, 3.63) is 70.6 Å². The third-order valence-electron chi connectivity index (χ3n) is 5.97. The van der Waals surface area contributed by atoms with Crippen molar-refractivity contribution in [3.63, 3.8) is 0 Å². The number of nitrogens with two attached hydrogens (primary N) is 1. The molecule has 7 nitrogen and oxygen atoms in total. The highest BCUT2D eigenvalue weighted by atomic mass is 35.5. The fraction of sp³-hybridized carbons (Fsp3) is 0.308. The lowest BCUT2D eigenvalue weighted by Gasteiger charge is -2.18. The van der Waals surface area contributed by atoms with Crippen LogP contribution in [0.2, 0.25) is 5.02 Å². The molecule has 1 heterocycles. The molecule has 3 aromatic rings. The summed E-state index contributed by atoms with van der Waals surface area (Å²) in [4.78, 5) is 17.5. The fourth-order valence-corrected chi connectivity index (χ4v) is 3.89. The largest absolute Gasteiger partial charge is 0.494 e. The number of carbonyl (C=O) groups is 1. The SMILES string of the molecule is COc1cc(C(=O)NCC(CN)c2ccc(OC)c(-c3ccc(F)c(Cl)c3)n2)ccc1OC1CC1(F)F. The molecule has 2 aromatic carbocycles. The smallest absolute Gasteiger partial charge is 0.288 e. The topological polar surface area (TPSA) is 95.7 Å². The van der Waals surface area contributed by atoms with Crippen LogP contribution in [0.5, 0.6) is 17.2 Å². The molecular weight excluding hydrogens is 511 g/mol. The van der Waals surface area contributed by atoms with Gasteiger partial charge in [-0.2, -0.15) is 0 Å². The number of ether oxygens (including phenoxy) is 3. The Morgan fingerprint density at radius 2 is 1.84 bits per heavy atom. The van der Waals surface area contributed by atoms with Gasteiger partial charge in [-0.05, 0) is 48.5 Å². The summed E-state index contributed by atoms with van der Waals surface area (Å²) in [5.41, 5.74) is 7.84. The molecule has 2 atom stereocenters. The lowest BCUT2D eigenvalue weighted by molar-refractivity contribution is 0.0655. The Kier molecular flexibility index (Phi) is 7.79. The Morgan fingerprint density at radius 3 is 2.46 bits per heavy atom. The van der Waals surface area contributed by atoms with Crippen molar-refractivity contribution in [3.8, 4) is 28.5 Å². The molecule has 0 bridgehead atoms. The maximum Gasteiger partial charge on any atom is 0.288 e. The van der Waals surface area contributed by atoms with Gasteiger partial charge in [-0.25, -0.2) is 18.2 Å². The Bertz CT molecular complexity index is 1310. The molecule has 1 aromatic heterocycles. The van der Waals surface area contributed by atoms with Gasteiger partial charge in [-0.15, -0.1) is 0 Å². The normalized spacial score (nSPS) is 16.6. The van der Waals surface area contributed by atoms with E-state index in [0.29, 0.717) is 22.7 Å². The van der Waals surface area contributed by atoms with Crippen LogP contribution in [0.3, 0.4) is 0 Å². The molecule has 1 amide bonds. The van der Waals surface area contributed by atoms with Gasteiger partial charge in [0.05, 0.1) is 25.7 Å². The number of hydrogen-bond donors (Lipinski definition) is 2. The zero-order chi connectivity index (χ0) is 26.7. The van der Waals surface area contributed by atoms with E-state index in [0.717, 1.165) is 0 Å². The van der Waals surface area contributed by atoms with Crippen molar-refractivity contribution in [2.45, 2.75) is 24.4 Å². The van der Waals surface area contributed by atoms with Crippen LogP contribution in [0, 0.1) is 5.82 Å². The number of nitrogens with one attached hydrogen (secondary N) is 1. The van der Waals surface area contributed by atoms with Crippen molar-refractivity contribution in [2.24, 2.45) is 5.73 Å². The number of methoxy groups -OCH3 is 2. The first kappa shape index (κ1) is 26.6. The summed E-state index contributed by atoms with van der Waals surface area (Å²) in [6, 6.07) is 12.0. The van der Waals surface area contributed by atoms with Gasteiger partial charge in [0, 0.05) is 35.8 Å². The Labute approximate surface area is 216 Å². The first-order valence-corrected chi connectivity index (χ1v) is 11.8. The maximum atomic E-state index is 13.6. The zero-order valence-corrected chi connectivity index (χ0v) is 20.8. The number of amides is 1. The number of alkyl halides is 2. The maximum absolute atomic E-state index is 13.6. The molecule has 196 valence electrons. The number of pyridine rings is 1. The van der Waals surface area contributed by atoms with Crippen LogP contribution in [0.25, 0.3) is 11.3 Å². The average molecular weight is 536 g/mol. The van der Waals surface area contributed by atoms with Crippen LogP contribution in [0.15, 0.2) is 48.5 Å². The molecule has 1 aliphatic rings. The van der Waals surface area contributed by atoms with Crippen LogP contribution in [-0.4, -0.2) is 50.2 Å². The number of benzene rings is 2. The van der Waals surface area contributed by atoms with E-state index in [9.17, 15) is 18.0 Å². The van der Waals surface area contributed by atoms with Gasteiger partial charge in [-0.3, -0.25) is 4.79 Å². The molecule has 4 rings (SSSR count). The van der Waals surface area contributed by atoms with E-state index in [1.165, 1.54) is 44.6 Å². The van der Waals surface area contributed by atoms with Crippen LogP contribution >= 0.6 is 11.6 Å². The third kappa shape index (κ3) is 5.91. The summed E-state index contributed by atoms with van der Waals surface area (Å²) in [5, 5.41) is 2.76. The van der Waals surface area contributed by atoms with Crippen LogP contribution in [0.1, 0.15) is 28.4 Å². The summed E-state index contributed by atoms with van der Waals surface area (Å²) in [6.07, 6.45) is -1.55. The van der Waals surface area contributed by atoms with Crippen LogP contribution < -0.4 is 25.3 Å². The monoisotopic (exact) mass is 535 g/mol. The molecule has 37 heavy (non-hydrogen) atoms. The van der Waals surface area contributed by atoms with Gasteiger partial charge in [0.15, 0.2) is 17.6 Å². The zero-order valence-electron chi connectivity index (χ0n) is 20.1. The highest BCUT2D eigenvalue weighted by Gasteiger charge is 2.60. The van der Waals surface area contributed by atoms with E-state index >= 15 is 0 Å². The first-order chi connectivity index (χ1) is 17.7. The predicted octanol–water partition coefficient (Wildman–Crippen LogP) is 4.82. The Morgan fingerprint density at radius 1 is 1.14 bits per heavy atom. The average Bonchev–Trinajstić information content (AvgIpc) is 3.51. The van der Waals surface area contributed by atoms with Crippen LogP contribution in [-0.2, 0) is 0 Å². The number of hydrogen-bond acceptors (Lipinski definition) is 6. The Balaban J connectivity index is 1.48. The number of aromatic nitrogens is 1. The summed E-state index contributed by atoms with van der Waals surface area (Å²) in [6.45, 7) is 0.335. The molecule has 1 fully saturated rings. The van der Waals surface area contributed by atoms with Gasteiger partial charge < -0.3 is 25.3 Å². The number of rotatable bonds is 10. The minimum absolute atomic E-state index is 0.0490. The Hall–Kier alpha value is -3.50. The quantitative estimate of drug-likeness (QED) is 0.386. The molecule has 0 radical (unpaired) electrons. The highest BCUT2D eigenvalue weighted by Crippen LogP contribution is 2.46. The molecule has 0 aliphatic heterocycles. The highest BCUT2D eigenvalue weighted by molar-refractivity contribution is 6.31. The third-order valence-corrected chi connectivity index (χ3v) is 6.26. The van der Waals surface area contributed by atoms with Crippen molar-refractivity contribution < 1.29 is 32.2 Å². The minimum atomic E-state index is -2.85. The molecule has 1 aliphatic carbocycles. The van der Waals surface area contributed by atoms with E-state index in [2.05, 4.69) is 10.3 Å². The molecule has 0 saturated heterocycles. The second kappa shape index (κ2) is 10.9. The van der Waals surface area contributed by atoms with Crippen molar-refractivity contribution in [2.75, 3.05) is 27.3 Å². The number of nitrogens with zero attached hydrogens (tertiary/aromatic N) is 1. The van der Waals surface area contributed by atoms with Gasteiger partial charge in [-0.1, -0.05) is 11.6 Å². The van der Waals surface area contributed by atoms with Gasteiger partial charge in [0.2, 0.25) is 0 Å². The van der Waals surface area contributed by atoms with Crippen molar-refractivity contribution in [1.82, 2.24) is 10.3 Å². The predicted molar refractivity (Wildman–Crippen MR) is 132 cm³/mol. The van der Waals surface area contributed by atoms with Gasteiger partial charge in [0.25, 0.3) is 11.8 Å². The lowest BCUT2D eigenvalue weighted by Crippen LogP contribution is -2.32. The molecule has 2 unspecified atom stereocenters.